The minimum atomic E-state index is -4.38. The molecule has 0 aliphatic carbocycles. The zero-order valence-corrected chi connectivity index (χ0v) is 11.1. The molecular weight excluding hydrogens is 261 g/mol. The first-order valence-electron chi connectivity index (χ1n) is 6.58. The van der Waals surface area contributed by atoms with Crippen LogP contribution in [0.4, 0.5) is 13.2 Å². The minimum absolute atomic E-state index is 0.114. The molecule has 1 rings (SSSR count). The normalized spacial score (nSPS) is 17.5. The molecule has 1 aliphatic heterocycles. The van der Waals surface area contributed by atoms with E-state index >= 15 is 0 Å². The van der Waals surface area contributed by atoms with Crippen LogP contribution in [0.1, 0.15) is 26.2 Å². The minimum Gasteiger partial charge on any atom is -0.362 e. The van der Waals surface area contributed by atoms with Crippen molar-refractivity contribution in [2.24, 2.45) is 0 Å². The second-order valence-electron chi connectivity index (χ2n) is 4.68. The molecule has 0 atom stereocenters. The monoisotopic (exact) mass is 282 g/mol. The molecule has 0 aromatic heterocycles. The average molecular weight is 282 g/mol. The highest BCUT2D eigenvalue weighted by Crippen LogP contribution is 2.16. The molecule has 1 fully saturated rings. The quantitative estimate of drug-likeness (QED) is 0.804. The van der Waals surface area contributed by atoms with E-state index in [4.69, 9.17) is 0 Å². The van der Waals surface area contributed by atoms with Crippen LogP contribution < -0.4 is 5.32 Å². The Morgan fingerprint density at radius 1 is 1.37 bits per heavy atom. The van der Waals surface area contributed by atoms with Gasteiger partial charge >= 0.3 is 6.18 Å². The second kappa shape index (κ2) is 7.69. The molecule has 1 amide bonds. The highest BCUT2D eigenvalue weighted by molar-refractivity contribution is 5.77. The van der Waals surface area contributed by atoms with Gasteiger partial charge in [0, 0.05) is 12.6 Å². The van der Waals surface area contributed by atoms with Gasteiger partial charge in [-0.25, -0.2) is 0 Å². The molecule has 0 radical (unpaired) electrons. The Hall–Kier alpha value is -0.820. The summed E-state index contributed by atoms with van der Waals surface area (Å²) in [4.78, 5) is 13.6. The molecule has 1 N–H and O–H groups in total. The molecule has 1 aliphatic rings. The van der Waals surface area contributed by atoms with E-state index in [2.05, 4.69) is 10.1 Å². The zero-order valence-electron chi connectivity index (χ0n) is 11.1. The van der Waals surface area contributed by atoms with Gasteiger partial charge in [-0.05, 0) is 32.4 Å². The van der Waals surface area contributed by atoms with E-state index in [1.54, 1.807) is 4.90 Å². The summed E-state index contributed by atoms with van der Waals surface area (Å²) in [7, 11) is 0. The Morgan fingerprint density at radius 2 is 2.00 bits per heavy atom. The van der Waals surface area contributed by atoms with Crippen molar-refractivity contribution in [3.63, 3.8) is 0 Å². The number of nitrogens with one attached hydrogen (secondary N) is 1. The van der Waals surface area contributed by atoms with Crippen molar-refractivity contribution >= 4 is 5.91 Å². The van der Waals surface area contributed by atoms with Crippen molar-refractivity contribution in [2.75, 3.05) is 32.8 Å². The van der Waals surface area contributed by atoms with E-state index in [0.29, 0.717) is 6.54 Å². The molecule has 1 heterocycles. The first-order valence-corrected chi connectivity index (χ1v) is 6.58. The summed E-state index contributed by atoms with van der Waals surface area (Å²) >= 11 is 0. The number of piperidine rings is 1. The molecule has 7 heteroatoms. The van der Waals surface area contributed by atoms with Crippen LogP contribution in [0, 0.1) is 0 Å². The van der Waals surface area contributed by atoms with E-state index in [9.17, 15) is 18.0 Å². The highest BCUT2D eigenvalue weighted by atomic mass is 19.4. The first kappa shape index (κ1) is 16.2. The summed E-state index contributed by atoms with van der Waals surface area (Å²) < 4.78 is 40.3. The van der Waals surface area contributed by atoms with Crippen molar-refractivity contribution in [3.05, 3.63) is 0 Å². The largest absolute Gasteiger partial charge is 0.411 e. The number of nitrogens with zero attached hydrogens (tertiary/aromatic N) is 1. The smallest absolute Gasteiger partial charge is 0.362 e. The number of hydrogen-bond donors (Lipinski definition) is 1. The van der Waals surface area contributed by atoms with Gasteiger partial charge in [-0.3, -0.25) is 4.79 Å². The maximum absolute atomic E-state index is 12.0. The van der Waals surface area contributed by atoms with Crippen LogP contribution in [0.2, 0.25) is 0 Å². The zero-order chi connectivity index (χ0) is 14.3. The molecule has 0 bridgehead atoms. The summed E-state index contributed by atoms with van der Waals surface area (Å²) in [6, 6.07) is 0.114. The second-order valence-corrected chi connectivity index (χ2v) is 4.68. The number of ether oxygens (including phenoxy) is 1. The summed E-state index contributed by atoms with van der Waals surface area (Å²) in [5, 5.41) is 3.20. The van der Waals surface area contributed by atoms with Gasteiger partial charge in [0.2, 0.25) is 5.91 Å². The molecule has 1 saturated heterocycles. The van der Waals surface area contributed by atoms with Crippen LogP contribution in [0.25, 0.3) is 0 Å². The lowest BCUT2D eigenvalue weighted by Gasteiger charge is -2.34. The number of rotatable bonds is 6. The summed E-state index contributed by atoms with van der Waals surface area (Å²) in [6.07, 6.45) is -1.92. The SMILES string of the molecule is CCCN(C(=O)COCC(F)(F)F)C1CCNCC1. The predicted molar refractivity (Wildman–Crippen MR) is 64.8 cm³/mol. The van der Waals surface area contributed by atoms with Gasteiger partial charge in [0.25, 0.3) is 0 Å². The summed E-state index contributed by atoms with van der Waals surface area (Å²) in [6.45, 7) is 2.31. The Morgan fingerprint density at radius 3 is 2.53 bits per heavy atom. The van der Waals surface area contributed by atoms with E-state index < -0.39 is 19.4 Å². The number of hydrogen-bond acceptors (Lipinski definition) is 3. The lowest BCUT2D eigenvalue weighted by atomic mass is 10.0. The fourth-order valence-corrected chi connectivity index (χ4v) is 2.21. The van der Waals surface area contributed by atoms with Crippen LogP contribution in [0.5, 0.6) is 0 Å². The maximum Gasteiger partial charge on any atom is 0.411 e. The van der Waals surface area contributed by atoms with Gasteiger partial charge in [-0.15, -0.1) is 0 Å². The third kappa shape index (κ3) is 6.24. The topological polar surface area (TPSA) is 41.6 Å². The molecule has 0 unspecified atom stereocenters. The Labute approximate surface area is 111 Å². The van der Waals surface area contributed by atoms with Gasteiger partial charge < -0.3 is 15.0 Å². The van der Waals surface area contributed by atoms with Crippen molar-refractivity contribution < 1.29 is 22.7 Å². The van der Waals surface area contributed by atoms with E-state index in [0.717, 1.165) is 32.4 Å². The lowest BCUT2D eigenvalue weighted by Crippen LogP contribution is -2.47. The Balaban J connectivity index is 2.43. The van der Waals surface area contributed by atoms with Gasteiger partial charge in [0.15, 0.2) is 0 Å². The highest BCUT2D eigenvalue weighted by Gasteiger charge is 2.29. The standard InChI is InChI=1S/C12H21F3N2O2/c1-2-7-17(10-3-5-16-6-4-10)11(18)8-19-9-12(13,14)15/h10,16H,2-9H2,1H3. The Bertz CT molecular complexity index is 279. The lowest BCUT2D eigenvalue weighted by molar-refractivity contribution is -0.178. The summed E-state index contributed by atoms with van der Waals surface area (Å²) in [5.41, 5.74) is 0. The van der Waals surface area contributed by atoms with Gasteiger partial charge in [-0.2, -0.15) is 13.2 Å². The summed E-state index contributed by atoms with van der Waals surface area (Å²) in [5.74, 6) is -0.349. The average Bonchev–Trinajstić information content (AvgIpc) is 2.35. The molecule has 4 nitrogen and oxygen atoms in total. The number of alkyl halides is 3. The number of carbonyl (C=O) groups is 1. The number of halogens is 3. The Kier molecular flexibility index (Phi) is 6.57. The molecule has 19 heavy (non-hydrogen) atoms. The van der Waals surface area contributed by atoms with Crippen LogP contribution in [0.15, 0.2) is 0 Å². The number of carbonyl (C=O) groups excluding carboxylic acids is 1. The molecule has 0 spiro atoms. The third-order valence-corrected chi connectivity index (χ3v) is 3.03. The predicted octanol–water partition coefficient (Wildman–Crippen LogP) is 1.56. The fraction of sp³-hybridized carbons (Fsp3) is 0.917. The third-order valence-electron chi connectivity index (χ3n) is 3.03. The molecule has 0 saturated carbocycles. The van der Waals surface area contributed by atoms with Crippen LogP contribution in [-0.4, -0.2) is 55.9 Å². The van der Waals surface area contributed by atoms with Gasteiger partial charge in [-0.1, -0.05) is 6.92 Å². The number of amides is 1. The van der Waals surface area contributed by atoms with E-state index in [1.807, 2.05) is 6.92 Å². The van der Waals surface area contributed by atoms with E-state index in [-0.39, 0.29) is 11.9 Å². The van der Waals surface area contributed by atoms with Gasteiger partial charge in [0.05, 0.1) is 0 Å². The molecule has 112 valence electrons. The van der Waals surface area contributed by atoms with Gasteiger partial charge in [0.1, 0.15) is 13.2 Å². The van der Waals surface area contributed by atoms with Crippen molar-refractivity contribution in [2.45, 2.75) is 38.4 Å². The molecular formula is C12H21F3N2O2. The van der Waals surface area contributed by atoms with Crippen LogP contribution in [-0.2, 0) is 9.53 Å². The van der Waals surface area contributed by atoms with Crippen molar-refractivity contribution in [1.82, 2.24) is 10.2 Å². The van der Waals surface area contributed by atoms with Crippen molar-refractivity contribution in [3.8, 4) is 0 Å². The van der Waals surface area contributed by atoms with Crippen LogP contribution in [0.3, 0.4) is 0 Å². The van der Waals surface area contributed by atoms with Crippen molar-refractivity contribution in [1.29, 1.82) is 0 Å². The van der Waals surface area contributed by atoms with E-state index in [1.165, 1.54) is 0 Å². The molecule has 0 aromatic rings. The van der Waals surface area contributed by atoms with Crippen LogP contribution >= 0.6 is 0 Å². The molecule has 0 aromatic carbocycles. The fourth-order valence-electron chi connectivity index (χ4n) is 2.21. The first-order chi connectivity index (χ1) is 8.94. The maximum atomic E-state index is 12.0.